The summed E-state index contributed by atoms with van der Waals surface area (Å²) in [5, 5.41) is 8.14. The molecule has 0 unspecified atom stereocenters. The smallest absolute Gasteiger partial charge is 0.240 e. The molecule has 21 heavy (non-hydrogen) atoms. The quantitative estimate of drug-likeness (QED) is 0.409. The SMILES string of the molecule is C=CC(N)=O.c1cc2ccc3cccc4ccc(c1)c2c34. The summed E-state index contributed by atoms with van der Waals surface area (Å²) in [4.78, 5) is 9.47. The fourth-order valence-electron chi connectivity index (χ4n) is 2.67. The third-order valence-electron chi connectivity index (χ3n) is 3.59. The van der Waals surface area contributed by atoms with E-state index in [-0.39, 0.29) is 0 Å². The molecular formula is C19H15NO. The van der Waals surface area contributed by atoms with Gasteiger partial charge in [-0.15, -0.1) is 0 Å². The Balaban J connectivity index is 0.000000233. The Bertz CT molecular complexity index is 810. The second-order valence-corrected chi connectivity index (χ2v) is 4.90. The number of rotatable bonds is 1. The fourth-order valence-corrected chi connectivity index (χ4v) is 2.67. The zero-order valence-electron chi connectivity index (χ0n) is 11.5. The fraction of sp³-hybridized carbons (Fsp3) is 0. The zero-order chi connectivity index (χ0) is 14.8. The molecule has 0 aliphatic heterocycles. The van der Waals surface area contributed by atoms with E-state index in [1.807, 2.05) is 0 Å². The number of nitrogens with two attached hydrogens (primary N) is 1. The molecule has 2 nitrogen and oxygen atoms in total. The zero-order valence-corrected chi connectivity index (χ0v) is 11.5. The lowest BCUT2D eigenvalue weighted by Crippen LogP contribution is -2.04. The minimum absolute atomic E-state index is 0.481. The lowest BCUT2D eigenvalue weighted by Gasteiger charge is -2.09. The van der Waals surface area contributed by atoms with E-state index in [2.05, 4.69) is 73.0 Å². The summed E-state index contributed by atoms with van der Waals surface area (Å²) >= 11 is 0. The molecule has 0 radical (unpaired) electrons. The van der Waals surface area contributed by atoms with Crippen molar-refractivity contribution in [2.75, 3.05) is 0 Å². The molecule has 102 valence electrons. The summed E-state index contributed by atoms with van der Waals surface area (Å²) in [5.41, 5.74) is 4.53. The van der Waals surface area contributed by atoms with Crippen molar-refractivity contribution < 1.29 is 4.79 Å². The van der Waals surface area contributed by atoms with Gasteiger partial charge in [0, 0.05) is 0 Å². The van der Waals surface area contributed by atoms with E-state index >= 15 is 0 Å². The number of hydrogen-bond acceptors (Lipinski definition) is 1. The predicted octanol–water partition coefficient (Wildman–Crippen LogP) is 4.24. The van der Waals surface area contributed by atoms with Crippen LogP contribution in [0.1, 0.15) is 0 Å². The van der Waals surface area contributed by atoms with Gasteiger partial charge in [-0.3, -0.25) is 4.79 Å². The second-order valence-electron chi connectivity index (χ2n) is 4.90. The van der Waals surface area contributed by atoms with Crippen LogP contribution in [0.25, 0.3) is 32.3 Å². The van der Waals surface area contributed by atoms with Crippen LogP contribution >= 0.6 is 0 Å². The molecule has 4 rings (SSSR count). The third kappa shape index (κ3) is 2.32. The van der Waals surface area contributed by atoms with Gasteiger partial charge in [-0.05, 0) is 38.4 Å². The Morgan fingerprint density at radius 2 is 1.05 bits per heavy atom. The van der Waals surface area contributed by atoms with E-state index in [0.29, 0.717) is 0 Å². The van der Waals surface area contributed by atoms with Crippen LogP contribution in [0.15, 0.2) is 73.3 Å². The van der Waals surface area contributed by atoms with E-state index in [9.17, 15) is 4.79 Å². The maximum atomic E-state index is 9.47. The van der Waals surface area contributed by atoms with Gasteiger partial charge in [0.25, 0.3) is 0 Å². The number of benzene rings is 4. The van der Waals surface area contributed by atoms with Crippen molar-refractivity contribution in [3.8, 4) is 0 Å². The molecular weight excluding hydrogens is 258 g/mol. The molecule has 0 bridgehead atoms. The van der Waals surface area contributed by atoms with Crippen molar-refractivity contribution in [2.45, 2.75) is 0 Å². The van der Waals surface area contributed by atoms with E-state index < -0.39 is 5.91 Å². The Hall–Kier alpha value is -2.87. The highest BCUT2D eigenvalue weighted by Gasteiger charge is 2.05. The highest BCUT2D eigenvalue weighted by Crippen LogP contribution is 2.33. The number of carbonyl (C=O) groups is 1. The Kier molecular flexibility index (Phi) is 3.28. The standard InChI is InChI=1S/C16H10.C3H5NO/c1-3-11-7-9-13-5-2-6-14-10-8-12(4-1)15(11)16(13)14;1-2-3(4)5/h1-10H;2H,1H2,(H2,4,5). The van der Waals surface area contributed by atoms with Crippen LogP contribution in [0.4, 0.5) is 0 Å². The number of carbonyl (C=O) groups excluding carboxylic acids is 1. The molecule has 0 heterocycles. The number of primary amides is 1. The molecule has 1 amide bonds. The maximum absolute atomic E-state index is 9.47. The van der Waals surface area contributed by atoms with Gasteiger partial charge in [-0.1, -0.05) is 67.2 Å². The highest BCUT2D eigenvalue weighted by atomic mass is 16.1. The van der Waals surface area contributed by atoms with Gasteiger partial charge in [0.1, 0.15) is 0 Å². The average molecular weight is 273 g/mol. The van der Waals surface area contributed by atoms with E-state index in [0.717, 1.165) is 6.08 Å². The van der Waals surface area contributed by atoms with E-state index in [4.69, 9.17) is 0 Å². The lowest BCUT2D eigenvalue weighted by atomic mass is 9.95. The van der Waals surface area contributed by atoms with Gasteiger partial charge in [0.2, 0.25) is 5.91 Å². The van der Waals surface area contributed by atoms with Crippen LogP contribution in [-0.4, -0.2) is 5.91 Å². The van der Waals surface area contributed by atoms with Crippen molar-refractivity contribution in [3.63, 3.8) is 0 Å². The largest absolute Gasteiger partial charge is 0.366 e. The topological polar surface area (TPSA) is 43.1 Å². The third-order valence-corrected chi connectivity index (χ3v) is 3.59. The van der Waals surface area contributed by atoms with Crippen molar-refractivity contribution in [1.82, 2.24) is 0 Å². The molecule has 0 saturated heterocycles. The van der Waals surface area contributed by atoms with Crippen molar-refractivity contribution in [3.05, 3.63) is 73.3 Å². The van der Waals surface area contributed by atoms with Crippen molar-refractivity contribution in [1.29, 1.82) is 0 Å². The van der Waals surface area contributed by atoms with Crippen molar-refractivity contribution in [2.24, 2.45) is 5.73 Å². The Labute approximate surface area is 122 Å². The van der Waals surface area contributed by atoms with Gasteiger partial charge >= 0.3 is 0 Å². The molecule has 0 aromatic heterocycles. The first-order valence-corrected chi connectivity index (χ1v) is 6.75. The monoisotopic (exact) mass is 273 g/mol. The minimum Gasteiger partial charge on any atom is -0.366 e. The Morgan fingerprint density at radius 1 is 0.762 bits per heavy atom. The molecule has 0 aliphatic carbocycles. The molecule has 4 aromatic rings. The van der Waals surface area contributed by atoms with Gasteiger partial charge < -0.3 is 5.73 Å². The summed E-state index contributed by atoms with van der Waals surface area (Å²) < 4.78 is 0. The van der Waals surface area contributed by atoms with E-state index in [1.165, 1.54) is 32.3 Å². The van der Waals surface area contributed by atoms with Crippen LogP contribution in [0.3, 0.4) is 0 Å². The number of amides is 1. The van der Waals surface area contributed by atoms with Gasteiger partial charge in [0.05, 0.1) is 0 Å². The Morgan fingerprint density at radius 3 is 1.29 bits per heavy atom. The molecule has 0 spiro atoms. The molecule has 0 fully saturated rings. The summed E-state index contributed by atoms with van der Waals surface area (Å²) in [7, 11) is 0. The molecule has 2 N–H and O–H groups in total. The van der Waals surface area contributed by atoms with Crippen LogP contribution in [0, 0.1) is 0 Å². The van der Waals surface area contributed by atoms with Gasteiger partial charge in [0.15, 0.2) is 0 Å². The van der Waals surface area contributed by atoms with E-state index in [1.54, 1.807) is 0 Å². The highest BCUT2D eigenvalue weighted by molar-refractivity contribution is 6.22. The first-order valence-electron chi connectivity index (χ1n) is 6.75. The van der Waals surface area contributed by atoms with Crippen LogP contribution < -0.4 is 5.73 Å². The normalized spacial score (nSPS) is 10.5. The first kappa shape index (κ1) is 13.1. The number of hydrogen-bond donors (Lipinski definition) is 1. The molecule has 0 saturated carbocycles. The second kappa shape index (κ2) is 5.25. The molecule has 0 aliphatic rings. The average Bonchev–Trinajstić information content (AvgIpc) is 2.53. The summed E-state index contributed by atoms with van der Waals surface area (Å²) in [6.07, 6.45) is 1.06. The molecule has 2 heteroatoms. The van der Waals surface area contributed by atoms with Crippen molar-refractivity contribution >= 4 is 38.2 Å². The van der Waals surface area contributed by atoms with Crippen LogP contribution in [0.5, 0.6) is 0 Å². The minimum atomic E-state index is -0.481. The van der Waals surface area contributed by atoms with Crippen LogP contribution in [0.2, 0.25) is 0 Å². The molecule has 0 atom stereocenters. The van der Waals surface area contributed by atoms with Gasteiger partial charge in [-0.2, -0.15) is 0 Å². The first-order chi connectivity index (χ1) is 10.2. The lowest BCUT2D eigenvalue weighted by molar-refractivity contribution is -0.113. The predicted molar refractivity (Wildman–Crippen MR) is 89.5 cm³/mol. The molecule has 4 aromatic carbocycles. The summed E-state index contributed by atoms with van der Waals surface area (Å²) in [6.45, 7) is 3.09. The van der Waals surface area contributed by atoms with Gasteiger partial charge in [-0.25, -0.2) is 0 Å². The summed E-state index contributed by atoms with van der Waals surface area (Å²) in [5.74, 6) is -0.481. The summed E-state index contributed by atoms with van der Waals surface area (Å²) in [6, 6.07) is 21.9. The maximum Gasteiger partial charge on any atom is 0.240 e. The van der Waals surface area contributed by atoms with Crippen LogP contribution in [-0.2, 0) is 4.79 Å².